The lowest BCUT2D eigenvalue weighted by Crippen LogP contribution is -2.60. The Bertz CT molecular complexity index is 1340. The molecule has 0 bridgehead atoms. The van der Waals surface area contributed by atoms with E-state index in [1.54, 1.807) is 0 Å². The van der Waals surface area contributed by atoms with Crippen LogP contribution in [0.25, 0.3) is 0 Å². The molecular formula is C47H80O12S. The van der Waals surface area contributed by atoms with Gasteiger partial charge < -0.3 is 34.3 Å². The van der Waals surface area contributed by atoms with Crippen molar-refractivity contribution in [1.29, 1.82) is 0 Å². The van der Waals surface area contributed by atoms with Crippen molar-refractivity contribution >= 4 is 22.1 Å². The van der Waals surface area contributed by atoms with Crippen LogP contribution in [0.15, 0.2) is 60.8 Å². The normalized spacial score (nSPS) is 20.7. The Morgan fingerprint density at radius 3 is 1.60 bits per heavy atom. The first-order valence-corrected chi connectivity index (χ1v) is 24.5. The SMILES string of the molecule is CCCC/C=C/CCCCCCCCCCCC(=O)OC[C@H](CO[C@H]1O[C@H](CS(=O)(=O)O)[C@@H](O)C(O)C1O)OC(=O)CCC/C=C/C/C=C/C/C=C/C/C=C/CCCCC. The summed E-state index contributed by atoms with van der Waals surface area (Å²) in [5.74, 6) is -2.06. The molecule has 0 spiro atoms. The molecule has 1 aliphatic heterocycles. The molecule has 6 atom stereocenters. The maximum Gasteiger partial charge on any atom is 0.306 e. The van der Waals surface area contributed by atoms with Crippen LogP contribution in [0, 0.1) is 0 Å². The lowest BCUT2D eigenvalue weighted by molar-refractivity contribution is -0.297. The molecule has 0 aromatic heterocycles. The van der Waals surface area contributed by atoms with Crippen LogP contribution in [-0.2, 0) is 38.7 Å². The fourth-order valence-corrected chi connectivity index (χ4v) is 7.16. The first-order valence-electron chi connectivity index (χ1n) is 22.8. The lowest BCUT2D eigenvalue weighted by Gasteiger charge is -2.40. The van der Waals surface area contributed by atoms with Crippen molar-refractivity contribution in [2.24, 2.45) is 0 Å². The molecule has 4 N–H and O–H groups in total. The van der Waals surface area contributed by atoms with Gasteiger partial charge >= 0.3 is 11.9 Å². The van der Waals surface area contributed by atoms with Crippen molar-refractivity contribution in [3.8, 4) is 0 Å². The van der Waals surface area contributed by atoms with E-state index >= 15 is 0 Å². The molecule has 1 rings (SSSR count). The Kier molecular flexibility index (Phi) is 34.1. The van der Waals surface area contributed by atoms with E-state index in [4.69, 9.17) is 18.9 Å². The molecule has 2 unspecified atom stereocenters. The van der Waals surface area contributed by atoms with Gasteiger partial charge in [0.05, 0.1) is 6.61 Å². The van der Waals surface area contributed by atoms with E-state index in [0.29, 0.717) is 19.3 Å². The van der Waals surface area contributed by atoms with Gasteiger partial charge in [-0.3, -0.25) is 14.1 Å². The molecule has 0 aromatic rings. The molecule has 346 valence electrons. The first-order chi connectivity index (χ1) is 29.0. The number of aliphatic hydroxyl groups excluding tert-OH is 3. The Morgan fingerprint density at radius 1 is 0.567 bits per heavy atom. The Hall–Kier alpha value is -2.65. The summed E-state index contributed by atoms with van der Waals surface area (Å²) in [6.45, 7) is 3.65. The smallest absolute Gasteiger partial charge is 0.306 e. The van der Waals surface area contributed by atoms with Crippen molar-refractivity contribution < 1.29 is 56.8 Å². The number of esters is 2. The molecule has 1 fully saturated rings. The zero-order chi connectivity index (χ0) is 44.1. The van der Waals surface area contributed by atoms with Gasteiger partial charge in [-0.25, -0.2) is 0 Å². The van der Waals surface area contributed by atoms with E-state index in [1.165, 1.54) is 70.6 Å². The predicted molar refractivity (Wildman–Crippen MR) is 238 cm³/mol. The van der Waals surface area contributed by atoms with Crippen LogP contribution in [-0.4, -0.2) is 96.0 Å². The average molecular weight is 869 g/mol. The van der Waals surface area contributed by atoms with Gasteiger partial charge in [0.1, 0.15) is 36.8 Å². The maximum atomic E-state index is 12.8. The molecule has 0 saturated carbocycles. The number of ether oxygens (including phenoxy) is 4. The number of hydrogen-bond acceptors (Lipinski definition) is 11. The van der Waals surface area contributed by atoms with Crippen LogP contribution < -0.4 is 0 Å². The van der Waals surface area contributed by atoms with Gasteiger partial charge in [0.2, 0.25) is 0 Å². The van der Waals surface area contributed by atoms with Crippen molar-refractivity contribution in [2.75, 3.05) is 19.0 Å². The number of aliphatic hydroxyl groups is 3. The largest absolute Gasteiger partial charge is 0.462 e. The summed E-state index contributed by atoms with van der Waals surface area (Å²) in [7, 11) is -4.61. The minimum Gasteiger partial charge on any atom is -0.462 e. The summed E-state index contributed by atoms with van der Waals surface area (Å²) in [5, 5.41) is 30.9. The molecule has 12 nitrogen and oxygen atoms in total. The summed E-state index contributed by atoms with van der Waals surface area (Å²) in [6.07, 6.45) is 35.5. The molecule has 1 aliphatic rings. The van der Waals surface area contributed by atoms with E-state index in [0.717, 1.165) is 51.4 Å². The average Bonchev–Trinajstić information content (AvgIpc) is 3.21. The highest BCUT2D eigenvalue weighted by Crippen LogP contribution is 2.24. The molecule has 60 heavy (non-hydrogen) atoms. The van der Waals surface area contributed by atoms with E-state index < -0.39 is 71.2 Å². The zero-order valence-corrected chi connectivity index (χ0v) is 37.6. The van der Waals surface area contributed by atoms with Crippen molar-refractivity contribution in [2.45, 2.75) is 205 Å². The summed E-state index contributed by atoms with van der Waals surface area (Å²) in [4.78, 5) is 25.4. The number of carbonyl (C=O) groups excluding carboxylic acids is 2. The Morgan fingerprint density at radius 2 is 1.03 bits per heavy atom. The van der Waals surface area contributed by atoms with Gasteiger partial charge in [-0.05, 0) is 70.6 Å². The van der Waals surface area contributed by atoms with Crippen molar-refractivity contribution in [3.05, 3.63) is 60.8 Å². The summed E-state index contributed by atoms with van der Waals surface area (Å²) in [6, 6.07) is 0. The summed E-state index contributed by atoms with van der Waals surface area (Å²) >= 11 is 0. The quantitative estimate of drug-likeness (QED) is 0.0201. The van der Waals surface area contributed by atoms with Crippen LogP contribution in [0.4, 0.5) is 0 Å². The van der Waals surface area contributed by atoms with E-state index in [9.17, 15) is 37.9 Å². The van der Waals surface area contributed by atoms with Gasteiger partial charge in [0, 0.05) is 12.8 Å². The second-order valence-corrected chi connectivity index (χ2v) is 17.2. The van der Waals surface area contributed by atoms with Crippen molar-refractivity contribution in [3.63, 3.8) is 0 Å². The second kappa shape index (κ2) is 37.0. The molecule has 0 amide bonds. The van der Waals surface area contributed by atoms with E-state index in [1.807, 2.05) is 12.2 Å². The topological polar surface area (TPSA) is 186 Å². The second-order valence-electron chi connectivity index (χ2n) is 15.7. The standard InChI is InChI=1S/C47H80O12S/c1-3-5-7-9-11-13-15-17-19-20-22-24-26-28-30-32-34-36-43(49)58-40(38-57-47-46(52)45(51)44(50)41(59-47)39-60(53,54)55)37-56-42(48)35-33-31-29-27-25-23-21-18-16-14-12-10-8-6-4-2/h10-13,17,19,22,24,28,30,40-41,44-47,50-52H,3-9,14-16,18,20-21,23,25-27,29,31-39H2,1-2H3,(H,53,54,55)/b12-10+,13-11+,19-17+,24-22+,30-28+/t40-,41-,44-,45?,46?,47+/m1/s1. The highest BCUT2D eigenvalue weighted by atomic mass is 32.2. The maximum absolute atomic E-state index is 12.8. The van der Waals surface area contributed by atoms with Crippen LogP contribution in [0.3, 0.4) is 0 Å². The van der Waals surface area contributed by atoms with Crippen LogP contribution in [0.1, 0.15) is 168 Å². The number of hydrogen-bond donors (Lipinski definition) is 4. The summed E-state index contributed by atoms with van der Waals surface area (Å²) in [5.41, 5.74) is 0. The summed E-state index contributed by atoms with van der Waals surface area (Å²) < 4.78 is 54.0. The molecule has 0 aromatic carbocycles. The first kappa shape index (κ1) is 55.4. The molecular weight excluding hydrogens is 789 g/mol. The lowest BCUT2D eigenvalue weighted by atomic mass is 10.00. The molecule has 0 radical (unpaired) electrons. The van der Waals surface area contributed by atoms with Crippen LogP contribution in [0.2, 0.25) is 0 Å². The van der Waals surface area contributed by atoms with Crippen LogP contribution >= 0.6 is 0 Å². The van der Waals surface area contributed by atoms with Gasteiger partial charge in [0.15, 0.2) is 12.4 Å². The fourth-order valence-electron chi connectivity index (χ4n) is 6.47. The van der Waals surface area contributed by atoms with E-state index in [-0.39, 0.29) is 19.4 Å². The monoisotopic (exact) mass is 869 g/mol. The van der Waals surface area contributed by atoms with E-state index in [2.05, 4.69) is 62.5 Å². The van der Waals surface area contributed by atoms with Crippen LogP contribution in [0.5, 0.6) is 0 Å². The third-order valence-electron chi connectivity index (χ3n) is 10.1. The minimum atomic E-state index is -4.61. The van der Waals surface area contributed by atoms with Crippen molar-refractivity contribution in [1.82, 2.24) is 0 Å². The zero-order valence-electron chi connectivity index (χ0n) is 36.8. The Labute approximate surface area is 362 Å². The highest BCUT2D eigenvalue weighted by molar-refractivity contribution is 7.85. The minimum absolute atomic E-state index is 0.0861. The molecule has 1 saturated heterocycles. The number of allylic oxidation sites excluding steroid dienone is 10. The number of unbranched alkanes of at least 4 members (excludes halogenated alkanes) is 15. The predicted octanol–water partition coefficient (Wildman–Crippen LogP) is 9.34. The third-order valence-corrected chi connectivity index (χ3v) is 10.8. The molecule has 13 heteroatoms. The highest BCUT2D eigenvalue weighted by Gasteiger charge is 2.46. The number of rotatable bonds is 37. The van der Waals surface area contributed by atoms with Gasteiger partial charge in [-0.2, -0.15) is 8.42 Å². The molecule has 1 heterocycles. The number of carbonyl (C=O) groups is 2. The van der Waals surface area contributed by atoms with Gasteiger partial charge in [0.25, 0.3) is 10.1 Å². The van der Waals surface area contributed by atoms with Gasteiger partial charge in [-0.15, -0.1) is 0 Å². The van der Waals surface area contributed by atoms with Gasteiger partial charge in [-0.1, -0.05) is 145 Å². The Balaban J connectivity index is 2.49. The third kappa shape index (κ3) is 31.2. The fraction of sp³-hybridized carbons (Fsp3) is 0.745. The molecule has 0 aliphatic carbocycles.